The van der Waals surface area contributed by atoms with E-state index >= 15 is 0 Å². The molecule has 3 nitrogen and oxygen atoms in total. The van der Waals surface area contributed by atoms with Gasteiger partial charge < -0.3 is 9.84 Å². The van der Waals surface area contributed by atoms with E-state index < -0.39 is 6.10 Å². The Balaban J connectivity index is 2.04. The number of methoxy groups -OCH3 is 1. The summed E-state index contributed by atoms with van der Waals surface area (Å²) in [4.78, 5) is 5.10. The molecule has 0 aliphatic heterocycles. The zero-order valence-electron chi connectivity index (χ0n) is 10.4. The summed E-state index contributed by atoms with van der Waals surface area (Å²) in [6, 6.07) is 11.5. The third-order valence-corrected chi connectivity index (χ3v) is 4.02. The maximum Gasteiger partial charge on any atom is 0.135 e. The molecule has 0 spiro atoms. The van der Waals surface area contributed by atoms with Gasteiger partial charge in [0.05, 0.1) is 17.5 Å². The lowest BCUT2D eigenvalue weighted by molar-refractivity contribution is 0.219. The molecule has 0 amide bonds. The van der Waals surface area contributed by atoms with Crippen molar-refractivity contribution in [3.05, 3.63) is 58.4 Å². The summed E-state index contributed by atoms with van der Waals surface area (Å²) in [6.45, 7) is 0. The van der Waals surface area contributed by atoms with Crippen molar-refractivity contribution in [1.82, 2.24) is 4.98 Å². The van der Waals surface area contributed by atoms with Crippen LogP contribution in [0.4, 0.5) is 0 Å². The van der Waals surface area contributed by atoms with Crippen molar-refractivity contribution in [3.63, 3.8) is 0 Å². The van der Waals surface area contributed by atoms with E-state index in [1.165, 1.54) is 11.3 Å². The Kier molecular flexibility index (Phi) is 3.19. The number of fused-ring (bicyclic) bond motifs is 1. The molecule has 0 fully saturated rings. The van der Waals surface area contributed by atoms with Crippen LogP contribution in [0.25, 0.3) is 10.9 Å². The average molecular weight is 271 g/mol. The monoisotopic (exact) mass is 271 g/mol. The van der Waals surface area contributed by atoms with Gasteiger partial charge in [0.1, 0.15) is 11.9 Å². The van der Waals surface area contributed by atoms with Crippen LogP contribution in [0.1, 0.15) is 16.5 Å². The Hall–Kier alpha value is -1.91. The van der Waals surface area contributed by atoms with Gasteiger partial charge in [-0.25, -0.2) is 0 Å². The largest absolute Gasteiger partial charge is 0.495 e. The molecule has 0 saturated carbocycles. The number of ether oxygens (including phenoxy) is 1. The van der Waals surface area contributed by atoms with Crippen LogP contribution in [0.15, 0.2) is 48.0 Å². The van der Waals surface area contributed by atoms with E-state index in [0.29, 0.717) is 0 Å². The van der Waals surface area contributed by atoms with Gasteiger partial charge in [0.2, 0.25) is 0 Å². The summed E-state index contributed by atoms with van der Waals surface area (Å²) in [7, 11) is 1.61. The SMILES string of the molecule is COc1ccsc1C(O)c1ccc2ncccc2c1. The first-order chi connectivity index (χ1) is 9.29. The molecular weight excluding hydrogens is 258 g/mol. The molecule has 3 rings (SSSR count). The van der Waals surface area contributed by atoms with Gasteiger partial charge in [-0.1, -0.05) is 12.1 Å². The number of aliphatic hydroxyl groups excluding tert-OH is 1. The summed E-state index contributed by atoms with van der Waals surface area (Å²) in [5.41, 5.74) is 1.78. The first-order valence-corrected chi connectivity index (χ1v) is 6.81. The fraction of sp³-hybridized carbons (Fsp3) is 0.133. The first-order valence-electron chi connectivity index (χ1n) is 5.93. The highest BCUT2D eigenvalue weighted by Crippen LogP contribution is 2.35. The van der Waals surface area contributed by atoms with Crippen LogP contribution in [0.2, 0.25) is 0 Å². The quantitative estimate of drug-likeness (QED) is 0.794. The molecule has 0 saturated heterocycles. The number of thiophene rings is 1. The summed E-state index contributed by atoms with van der Waals surface area (Å²) < 4.78 is 5.25. The molecule has 1 aromatic carbocycles. The average Bonchev–Trinajstić information content (AvgIpc) is 2.94. The Morgan fingerprint density at radius 2 is 2.16 bits per heavy atom. The van der Waals surface area contributed by atoms with Crippen LogP contribution in [0, 0.1) is 0 Å². The highest BCUT2D eigenvalue weighted by molar-refractivity contribution is 7.10. The van der Waals surface area contributed by atoms with E-state index in [9.17, 15) is 5.11 Å². The van der Waals surface area contributed by atoms with Crippen LogP contribution < -0.4 is 4.74 Å². The first kappa shape index (κ1) is 12.1. The molecule has 0 radical (unpaired) electrons. The van der Waals surface area contributed by atoms with Crippen molar-refractivity contribution < 1.29 is 9.84 Å². The molecule has 19 heavy (non-hydrogen) atoms. The summed E-state index contributed by atoms with van der Waals surface area (Å²) in [6.07, 6.45) is 1.10. The van der Waals surface area contributed by atoms with Crippen molar-refractivity contribution >= 4 is 22.2 Å². The van der Waals surface area contributed by atoms with Gasteiger partial charge in [0.15, 0.2) is 0 Å². The highest BCUT2D eigenvalue weighted by atomic mass is 32.1. The number of aliphatic hydroxyl groups is 1. The van der Waals surface area contributed by atoms with E-state index in [1.807, 2.05) is 41.8 Å². The second kappa shape index (κ2) is 4.99. The number of nitrogens with zero attached hydrogens (tertiary/aromatic N) is 1. The zero-order chi connectivity index (χ0) is 13.2. The molecule has 1 atom stereocenters. The minimum atomic E-state index is -0.667. The van der Waals surface area contributed by atoms with Crippen LogP contribution in [0.5, 0.6) is 5.75 Å². The topological polar surface area (TPSA) is 42.4 Å². The van der Waals surface area contributed by atoms with Crippen molar-refractivity contribution in [3.8, 4) is 5.75 Å². The molecule has 1 N–H and O–H groups in total. The smallest absolute Gasteiger partial charge is 0.135 e. The predicted octanol–water partition coefficient (Wildman–Crippen LogP) is 3.39. The minimum Gasteiger partial charge on any atom is -0.495 e. The van der Waals surface area contributed by atoms with Gasteiger partial charge in [0.25, 0.3) is 0 Å². The molecule has 96 valence electrons. The second-order valence-corrected chi connectivity index (χ2v) is 5.16. The predicted molar refractivity (Wildman–Crippen MR) is 76.7 cm³/mol. The van der Waals surface area contributed by atoms with E-state index in [0.717, 1.165) is 27.1 Å². The molecule has 3 aromatic rings. The lowest BCUT2D eigenvalue weighted by Crippen LogP contribution is -1.99. The minimum absolute atomic E-state index is 0.667. The molecule has 4 heteroatoms. The van der Waals surface area contributed by atoms with E-state index in [2.05, 4.69) is 4.98 Å². The van der Waals surface area contributed by atoms with E-state index in [4.69, 9.17) is 4.74 Å². The Labute approximate surface area is 115 Å². The Morgan fingerprint density at radius 1 is 1.26 bits per heavy atom. The normalized spacial score (nSPS) is 12.5. The molecule has 0 aliphatic rings. The van der Waals surface area contributed by atoms with Crippen molar-refractivity contribution in [2.24, 2.45) is 0 Å². The Morgan fingerprint density at radius 3 is 3.00 bits per heavy atom. The maximum absolute atomic E-state index is 10.5. The molecular formula is C15H13NO2S. The molecule has 1 unspecified atom stereocenters. The van der Waals surface area contributed by atoms with Crippen molar-refractivity contribution in [2.75, 3.05) is 7.11 Å². The third-order valence-electron chi connectivity index (χ3n) is 3.07. The Bertz CT molecular complexity index is 708. The fourth-order valence-electron chi connectivity index (χ4n) is 2.09. The second-order valence-electron chi connectivity index (χ2n) is 4.21. The van der Waals surface area contributed by atoms with Crippen LogP contribution in [-0.2, 0) is 0 Å². The molecule has 0 bridgehead atoms. The fourth-order valence-corrected chi connectivity index (χ4v) is 2.96. The van der Waals surface area contributed by atoms with Gasteiger partial charge >= 0.3 is 0 Å². The van der Waals surface area contributed by atoms with Crippen molar-refractivity contribution in [2.45, 2.75) is 6.10 Å². The van der Waals surface area contributed by atoms with Gasteiger partial charge in [-0.15, -0.1) is 11.3 Å². The highest BCUT2D eigenvalue weighted by Gasteiger charge is 2.17. The number of aromatic nitrogens is 1. The van der Waals surface area contributed by atoms with Crippen LogP contribution in [0.3, 0.4) is 0 Å². The van der Waals surface area contributed by atoms with Gasteiger partial charge in [-0.2, -0.15) is 0 Å². The lowest BCUT2D eigenvalue weighted by Gasteiger charge is -2.12. The molecule has 2 aromatic heterocycles. The number of hydrogen-bond donors (Lipinski definition) is 1. The maximum atomic E-state index is 10.5. The van der Waals surface area contributed by atoms with Gasteiger partial charge in [0, 0.05) is 11.6 Å². The lowest BCUT2D eigenvalue weighted by atomic mass is 10.0. The summed E-state index contributed by atoms with van der Waals surface area (Å²) in [5.74, 6) is 0.726. The summed E-state index contributed by atoms with van der Waals surface area (Å²) >= 11 is 1.49. The summed E-state index contributed by atoms with van der Waals surface area (Å²) in [5, 5.41) is 13.4. The number of rotatable bonds is 3. The zero-order valence-corrected chi connectivity index (χ0v) is 11.2. The van der Waals surface area contributed by atoms with E-state index in [1.54, 1.807) is 13.3 Å². The third kappa shape index (κ3) is 2.20. The van der Waals surface area contributed by atoms with Crippen molar-refractivity contribution in [1.29, 1.82) is 0 Å². The van der Waals surface area contributed by atoms with Crippen LogP contribution in [-0.4, -0.2) is 17.2 Å². The van der Waals surface area contributed by atoms with E-state index in [-0.39, 0.29) is 0 Å². The standard InChI is InChI=1S/C15H13NO2S/c1-18-13-6-8-19-15(13)14(17)11-4-5-12-10(9-11)3-2-7-16-12/h2-9,14,17H,1H3. The van der Waals surface area contributed by atoms with Gasteiger partial charge in [-0.3, -0.25) is 4.98 Å². The number of benzene rings is 1. The number of hydrogen-bond acceptors (Lipinski definition) is 4. The molecule has 0 aliphatic carbocycles. The number of pyridine rings is 1. The van der Waals surface area contributed by atoms with Gasteiger partial charge in [-0.05, 0) is 35.2 Å². The molecule has 2 heterocycles. The van der Waals surface area contributed by atoms with Crippen LogP contribution >= 0.6 is 11.3 Å².